The molecule has 1 N–H and O–H groups in total. The van der Waals surface area contributed by atoms with Gasteiger partial charge in [-0.2, -0.15) is 15.1 Å². The fraction of sp³-hybridized carbons (Fsp3) is 0.357. The molecule has 4 rings (SSSR count). The van der Waals surface area contributed by atoms with Crippen LogP contribution in [0.2, 0.25) is 0 Å². The summed E-state index contributed by atoms with van der Waals surface area (Å²) in [6.45, 7) is 11.3. The number of nitrogens with one attached hydrogen (secondary N) is 1. The summed E-state index contributed by atoms with van der Waals surface area (Å²) in [7, 11) is 0. The molecule has 0 radical (unpaired) electrons. The van der Waals surface area contributed by atoms with Crippen LogP contribution in [0.25, 0.3) is 6.08 Å². The molecule has 2 aromatic carbocycles. The fourth-order valence-electron chi connectivity index (χ4n) is 3.80. The van der Waals surface area contributed by atoms with Gasteiger partial charge in [-0.25, -0.2) is 0 Å². The van der Waals surface area contributed by atoms with Crippen LogP contribution in [0.1, 0.15) is 43.9 Å². The topological polar surface area (TPSA) is 96.6 Å². The average molecular weight is 521 g/mol. The monoisotopic (exact) mass is 520 g/mol. The molecule has 0 aromatic heterocycles. The second-order valence-electron chi connectivity index (χ2n) is 9.22. The van der Waals surface area contributed by atoms with Gasteiger partial charge in [-0.3, -0.25) is 10.2 Å². The predicted octanol–water partition coefficient (Wildman–Crippen LogP) is 5.83. The molecule has 2 heterocycles. The number of carbonyl (C=O) groups is 1. The third kappa shape index (κ3) is 6.40. The minimum atomic E-state index is -0.452. The van der Waals surface area contributed by atoms with E-state index in [-0.39, 0.29) is 11.4 Å². The first-order chi connectivity index (χ1) is 17.7. The van der Waals surface area contributed by atoms with Crippen LogP contribution in [0.15, 0.2) is 52.1 Å². The summed E-state index contributed by atoms with van der Waals surface area (Å²) in [5.74, 6) is 1.96. The SMILES string of the molecule is CCOc1cc(/C=C2/C(=N)N3N=C(CC(C)C)SC3=NC2=O)ccc1OCCOc1cc(C)ccc1C. The summed E-state index contributed by atoms with van der Waals surface area (Å²) < 4.78 is 17.6. The molecule has 0 spiro atoms. The molecule has 9 heteroatoms. The molecule has 1 amide bonds. The maximum Gasteiger partial charge on any atom is 0.283 e. The van der Waals surface area contributed by atoms with Crippen molar-refractivity contribution in [1.29, 1.82) is 5.41 Å². The van der Waals surface area contributed by atoms with Gasteiger partial charge in [0.05, 0.1) is 12.2 Å². The molecule has 8 nitrogen and oxygen atoms in total. The molecule has 2 aliphatic rings. The number of amidine groups is 2. The van der Waals surface area contributed by atoms with E-state index in [0.717, 1.165) is 28.3 Å². The van der Waals surface area contributed by atoms with Gasteiger partial charge in [0.25, 0.3) is 5.91 Å². The highest BCUT2D eigenvalue weighted by atomic mass is 32.2. The molecular formula is C28H32N4O4S. The number of fused-ring (bicyclic) bond motifs is 1. The summed E-state index contributed by atoms with van der Waals surface area (Å²) in [6.07, 6.45) is 2.41. The number of nitrogens with zero attached hydrogens (tertiary/aromatic N) is 3. The van der Waals surface area contributed by atoms with Crippen LogP contribution in [0, 0.1) is 25.2 Å². The fourth-order valence-corrected chi connectivity index (χ4v) is 4.90. The lowest BCUT2D eigenvalue weighted by molar-refractivity contribution is -0.114. The molecule has 0 atom stereocenters. The lowest BCUT2D eigenvalue weighted by atomic mass is 10.1. The van der Waals surface area contributed by atoms with E-state index in [4.69, 9.17) is 19.6 Å². The Morgan fingerprint density at radius 2 is 1.78 bits per heavy atom. The molecule has 2 aliphatic heterocycles. The number of hydrogen-bond acceptors (Lipinski definition) is 7. The number of hydrazone groups is 1. The Bertz CT molecular complexity index is 1300. The van der Waals surface area contributed by atoms with Crippen LogP contribution in [-0.4, -0.2) is 46.8 Å². The van der Waals surface area contributed by atoms with E-state index in [2.05, 4.69) is 30.0 Å². The van der Waals surface area contributed by atoms with Gasteiger partial charge in [0, 0.05) is 6.42 Å². The van der Waals surface area contributed by atoms with Crippen molar-refractivity contribution >= 4 is 39.8 Å². The molecule has 0 saturated carbocycles. The van der Waals surface area contributed by atoms with Crippen molar-refractivity contribution in [3.8, 4) is 17.2 Å². The van der Waals surface area contributed by atoms with Crippen LogP contribution in [0.5, 0.6) is 17.2 Å². The van der Waals surface area contributed by atoms with E-state index >= 15 is 0 Å². The first kappa shape index (κ1) is 26.5. The molecule has 0 aliphatic carbocycles. The molecule has 0 saturated heterocycles. The lowest BCUT2D eigenvalue weighted by Crippen LogP contribution is -2.35. The smallest absolute Gasteiger partial charge is 0.283 e. The second-order valence-corrected chi connectivity index (χ2v) is 10.3. The molecule has 0 unspecified atom stereocenters. The number of carbonyl (C=O) groups excluding carboxylic acids is 1. The number of thioether (sulfide) groups is 1. The van der Waals surface area contributed by atoms with Gasteiger partial charge in [-0.1, -0.05) is 32.0 Å². The van der Waals surface area contributed by atoms with E-state index in [1.165, 1.54) is 16.8 Å². The second kappa shape index (κ2) is 11.6. The zero-order valence-electron chi connectivity index (χ0n) is 21.8. The molecule has 0 bridgehead atoms. The third-order valence-electron chi connectivity index (χ3n) is 5.60. The zero-order valence-corrected chi connectivity index (χ0v) is 22.6. The maximum atomic E-state index is 12.7. The lowest BCUT2D eigenvalue weighted by Gasteiger charge is -2.20. The van der Waals surface area contributed by atoms with E-state index in [1.54, 1.807) is 18.2 Å². The van der Waals surface area contributed by atoms with Crippen LogP contribution >= 0.6 is 11.8 Å². The number of hydrogen-bond donors (Lipinski definition) is 1. The van der Waals surface area contributed by atoms with Gasteiger partial charge in [0.15, 0.2) is 17.3 Å². The number of aryl methyl sites for hydroxylation is 2. The summed E-state index contributed by atoms with van der Waals surface area (Å²) in [6, 6.07) is 11.5. The Labute approximate surface area is 221 Å². The molecule has 37 heavy (non-hydrogen) atoms. The van der Waals surface area contributed by atoms with Crippen molar-refractivity contribution in [3.05, 3.63) is 58.7 Å². The minimum absolute atomic E-state index is 0.0168. The normalized spacial score (nSPS) is 16.2. The van der Waals surface area contributed by atoms with Gasteiger partial charge in [-0.05, 0) is 79.4 Å². The summed E-state index contributed by atoms with van der Waals surface area (Å²) in [4.78, 5) is 16.9. The zero-order chi connectivity index (χ0) is 26.5. The maximum absolute atomic E-state index is 12.7. The first-order valence-corrected chi connectivity index (χ1v) is 13.2. The van der Waals surface area contributed by atoms with Crippen molar-refractivity contribution in [2.24, 2.45) is 16.0 Å². The van der Waals surface area contributed by atoms with Crippen molar-refractivity contribution in [1.82, 2.24) is 5.01 Å². The van der Waals surface area contributed by atoms with Gasteiger partial charge in [0.2, 0.25) is 5.17 Å². The summed E-state index contributed by atoms with van der Waals surface area (Å²) in [5, 5.41) is 15.8. The van der Waals surface area contributed by atoms with Gasteiger partial charge in [-0.15, -0.1) is 0 Å². The Kier molecular flexibility index (Phi) is 8.33. The molecule has 0 fully saturated rings. The predicted molar refractivity (Wildman–Crippen MR) is 149 cm³/mol. The highest BCUT2D eigenvalue weighted by molar-refractivity contribution is 8.26. The van der Waals surface area contributed by atoms with Gasteiger partial charge in [0.1, 0.15) is 24.0 Å². The van der Waals surface area contributed by atoms with Crippen molar-refractivity contribution in [2.75, 3.05) is 19.8 Å². The van der Waals surface area contributed by atoms with Crippen molar-refractivity contribution in [3.63, 3.8) is 0 Å². The Hall–Kier alpha value is -3.59. The Balaban J connectivity index is 1.46. The molecule has 194 valence electrons. The quantitative estimate of drug-likeness (QED) is 0.313. The van der Waals surface area contributed by atoms with E-state index in [0.29, 0.717) is 48.0 Å². The van der Waals surface area contributed by atoms with E-state index in [9.17, 15) is 4.79 Å². The number of ether oxygens (including phenoxy) is 3. The molecule has 2 aromatic rings. The standard InChI is InChI=1S/C28H32N4O4S/c1-6-34-24-16-20(9-10-22(24)35-11-12-36-23-14-18(4)7-8-19(23)5)15-21-26(29)32-28(30-27(21)33)37-25(31-32)13-17(2)3/h7-10,14-17,29H,6,11-13H2,1-5H3/b21-15-,29-26?. The van der Waals surface area contributed by atoms with Crippen LogP contribution in [0.3, 0.4) is 0 Å². The summed E-state index contributed by atoms with van der Waals surface area (Å²) in [5.41, 5.74) is 3.10. The highest BCUT2D eigenvalue weighted by Gasteiger charge is 2.35. The molecular weight excluding hydrogens is 488 g/mol. The number of benzene rings is 2. The first-order valence-electron chi connectivity index (χ1n) is 12.3. The number of rotatable bonds is 10. The third-order valence-corrected chi connectivity index (χ3v) is 6.53. The van der Waals surface area contributed by atoms with Gasteiger partial charge < -0.3 is 14.2 Å². The summed E-state index contributed by atoms with van der Waals surface area (Å²) >= 11 is 1.35. The number of amides is 1. The Morgan fingerprint density at radius 1 is 1.03 bits per heavy atom. The largest absolute Gasteiger partial charge is 0.490 e. The highest BCUT2D eigenvalue weighted by Crippen LogP contribution is 2.33. The average Bonchev–Trinajstić information content (AvgIpc) is 3.24. The van der Waals surface area contributed by atoms with Crippen LogP contribution in [-0.2, 0) is 4.79 Å². The van der Waals surface area contributed by atoms with Gasteiger partial charge >= 0.3 is 0 Å². The number of aliphatic imine (C=N–C) groups is 1. The Morgan fingerprint density at radius 3 is 2.51 bits per heavy atom. The van der Waals surface area contributed by atoms with Crippen LogP contribution in [0.4, 0.5) is 0 Å². The van der Waals surface area contributed by atoms with E-state index in [1.807, 2.05) is 39.0 Å². The minimum Gasteiger partial charge on any atom is -0.490 e. The van der Waals surface area contributed by atoms with Crippen LogP contribution < -0.4 is 14.2 Å². The van der Waals surface area contributed by atoms with E-state index < -0.39 is 5.91 Å². The van der Waals surface area contributed by atoms with Crippen molar-refractivity contribution in [2.45, 2.75) is 41.0 Å². The van der Waals surface area contributed by atoms with Crippen molar-refractivity contribution < 1.29 is 19.0 Å².